The van der Waals surface area contributed by atoms with E-state index in [2.05, 4.69) is 37.0 Å². The van der Waals surface area contributed by atoms with Gasteiger partial charge in [-0.25, -0.2) is 5.10 Å². The number of rotatable bonds is 2. The van der Waals surface area contributed by atoms with Gasteiger partial charge in [0, 0.05) is 10.3 Å². The normalized spacial score (nSPS) is 11.5. The maximum atomic E-state index is 11.6. The number of hydrogen-bond acceptors (Lipinski definition) is 3. The van der Waals surface area contributed by atoms with Crippen molar-refractivity contribution in [3.05, 3.63) is 27.0 Å². The van der Waals surface area contributed by atoms with Crippen molar-refractivity contribution in [2.75, 3.05) is 0 Å². The molecular formula is C11H14N2OS. The zero-order valence-electron chi connectivity index (χ0n) is 9.13. The number of aromatic nitrogens is 2. The molecule has 0 fully saturated rings. The smallest absolute Gasteiger partial charge is 0.266 e. The van der Waals surface area contributed by atoms with Gasteiger partial charge >= 0.3 is 0 Å². The zero-order chi connectivity index (χ0) is 11.0. The van der Waals surface area contributed by atoms with Gasteiger partial charge in [-0.05, 0) is 18.4 Å². The summed E-state index contributed by atoms with van der Waals surface area (Å²) in [5.41, 5.74) is 0.916. The molecular weight excluding hydrogens is 208 g/mol. The Kier molecular flexibility index (Phi) is 2.61. The molecule has 0 spiro atoms. The lowest BCUT2D eigenvalue weighted by Gasteiger charge is -2.03. The Balaban J connectivity index is 2.80. The highest BCUT2D eigenvalue weighted by molar-refractivity contribution is 7.19. The highest BCUT2D eigenvalue weighted by atomic mass is 32.1. The van der Waals surface area contributed by atoms with Crippen molar-refractivity contribution in [3.63, 3.8) is 0 Å². The molecule has 0 aliphatic heterocycles. The minimum Gasteiger partial charge on any atom is -0.266 e. The van der Waals surface area contributed by atoms with E-state index in [1.165, 1.54) is 4.88 Å². The van der Waals surface area contributed by atoms with Crippen LogP contribution in [0.3, 0.4) is 0 Å². The Bertz CT molecular complexity index is 539. The van der Waals surface area contributed by atoms with E-state index in [1.54, 1.807) is 11.3 Å². The Labute approximate surface area is 92.1 Å². The molecule has 3 nitrogen and oxygen atoms in total. The number of aromatic amines is 1. The summed E-state index contributed by atoms with van der Waals surface area (Å²) in [5.74, 6) is 0.337. The minimum absolute atomic E-state index is 0.0703. The van der Waals surface area contributed by atoms with Gasteiger partial charge in [0.1, 0.15) is 4.70 Å². The maximum absolute atomic E-state index is 11.6. The summed E-state index contributed by atoms with van der Waals surface area (Å²) in [6.07, 6.45) is 0.969. The van der Waals surface area contributed by atoms with Gasteiger partial charge in [0.25, 0.3) is 5.56 Å². The summed E-state index contributed by atoms with van der Waals surface area (Å²) in [4.78, 5) is 12.8. The number of H-pyrrole nitrogens is 1. The molecule has 2 aromatic rings. The molecule has 0 unspecified atom stereocenters. The zero-order valence-corrected chi connectivity index (χ0v) is 9.94. The lowest BCUT2D eigenvalue weighted by molar-refractivity contribution is 0.793. The first kappa shape index (κ1) is 10.4. The molecule has 2 heterocycles. The fraction of sp³-hybridized carbons (Fsp3) is 0.455. The third kappa shape index (κ3) is 1.69. The molecule has 2 aromatic heterocycles. The molecule has 0 amide bonds. The summed E-state index contributed by atoms with van der Waals surface area (Å²) < 4.78 is 0.811. The molecule has 0 aliphatic carbocycles. The lowest BCUT2D eigenvalue weighted by atomic mass is 10.1. The van der Waals surface area contributed by atoms with Crippen LogP contribution >= 0.6 is 11.3 Å². The summed E-state index contributed by atoms with van der Waals surface area (Å²) in [6.45, 7) is 6.27. The second-order valence-electron chi connectivity index (χ2n) is 3.90. The second-order valence-corrected chi connectivity index (χ2v) is 5.04. The first-order valence-electron chi connectivity index (χ1n) is 5.14. The molecule has 0 saturated carbocycles. The van der Waals surface area contributed by atoms with Gasteiger partial charge < -0.3 is 0 Å². The summed E-state index contributed by atoms with van der Waals surface area (Å²) >= 11 is 1.57. The molecule has 15 heavy (non-hydrogen) atoms. The Hall–Kier alpha value is -1.16. The van der Waals surface area contributed by atoms with Gasteiger partial charge in [0.05, 0.1) is 5.69 Å². The number of thiophene rings is 1. The molecule has 1 N–H and O–H groups in total. The minimum atomic E-state index is -0.0703. The lowest BCUT2D eigenvalue weighted by Crippen LogP contribution is -2.09. The van der Waals surface area contributed by atoms with Crippen LogP contribution in [0.1, 0.15) is 37.3 Å². The van der Waals surface area contributed by atoms with E-state index in [0.717, 1.165) is 22.2 Å². The van der Waals surface area contributed by atoms with Crippen molar-refractivity contribution in [1.29, 1.82) is 0 Å². The van der Waals surface area contributed by atoms with Gasteiger partial charge in [0.15, 0.2) is 0 Å². The third-order valence-corrected chi connectivity index (χ3v) is 3.72. The molecule has 80 valence electrons. The van der Waals surface area contributed by atoms with E-state index in [4.69, 9.17) is 0 Å². The van der Waals surface area contributed by atoms with Crippen LogP contribution in [0.25, 0.3) is 10.1 Å². The van der Waals surface area contributed by atoms with Crippen molar-refractivity contribution < 1.29 is 0 Å². The third-order valence-electron chi connectivity index (χ3n) is 2.44. The van der Waals surface area contributed by atoms with E-state index >= 15 is 0 Å². The van der Waals surface area contributed by atoms with Crippen LogP contribution in [-0.4, -0.2) is 10.2 Å². The maximum Gasteiger partial charge on any atom is 0.282 e. The summed E-state index contributed by atoms with van der Waals surface area (Å²) in [6, 6.07) is 2.09. The van der Waals surface area contributed by atoms with Crippen molar-refractivity contribution in [3.8, 4) is 0 Å². The standard InChI is InChI=1S/C11H14N2OS/c1-4-7-5-8-9(6(2)3)12-13-11(14)10(8)15-7/h5-6H,4H2,1-3H3,(H,13,14). The van der Waals surface area contributed by atoms with Crippen LogP contribution in [0.15, 0.2) is 10.9 Å². The highest BCUT2D eigenvalue weighted by Gasteiger charge is 2.12. The van der Waals surface area contributed by atoms with Crippen molar-refractivity contribution in [2.45, 2.75) is 33.1 Å². The number of hydrogen-bond donors (Lipinski definition) is 1. The van der Waals surface area contributed by atoms with E-state index < -0.39 is 0 Å². The van der Waals surface area contributed by atoms with Gasteiger partial charge in [-0.2, -0.15) is 5.10 Å². The highest BCUT2D eigenvalue weighted by Crippen LogP contribution is 2.27. The van der Waals surface area contributed by atoms with Gasteiger partial charge in [0.2, 0.25) is 0 Å². The van der Waals surface area contributed by atoms with Gasteiger partial charge in [-0.1, -0.05) is 20.8 Å². The number of fused-ring (bicyclic) bond motifs is 1. The molecule has 0 radical (unpaired) electrons. The first-order valence-corrected chi connectivity index (χ1v) is 5.96. The van der Waals surface area contributed by atoms with E-state index in [1.807, 2.05) is 0 Å². The van der Waals surface area contributed by atoms with Crippen LogP contribution in [-0.2, 0) is 6.42 Å². The van der Waals surface area contributed by atoms with E-state index in [-0.39, 0.29) is 5.56 Å². The number of aryl methyl sites for hydroxylation is 1. The van der Waals surface area contributed by atoms with Gasteiger partial charge in [-0.15, -0.1) is 11.3 Å². The largest absolute Gasteiger partial charge is 0.282 e. The van der Waals surface area contributed by atoms with Crippen LogP contribution in [0.2, 0.25) is 0 Å². The van der Waals surface area contributed by atoms with Crippen molar-refractivity contribution in [2.24, 2.45) is 0 Å². The number of nitrogens with zero attached hydrogens (tertiary/aromatic N) is 1. The predicted molar refractivity (Wildman–Crippen MR) is 63.7 cm³/mol. The quantitative estimate of drug-likeness (QED) is 0.849. The van der Waals surface area contributed by atoms with Crippen molar-refractivity contribution in [1.82, 2.24) is 10.2 Å². The van der Waals surface area contributed by atoms with Crippen LogP contribution in [0, 0.1) is 0 Å². The summed E-state index contributed by atoms with van der Waals surface area (Å²) in [5, 5.41) is 7.71. The predicted octanol–water partition coefficient (Wildman–Crippen LogP) is 2.67. The Morgan fingerprint density at radius 1 is 1.53 bits per heavy atom. The summed E-state index contributed by atoms with van der Waals surface area (Å²) in [7, 11) is 0. The van der Waals surface area contributed by atoms with Crippen LogP contribution in [0.5, 0.6) is 0 Å². The first-order chi connectivity index (χ1) is 7.13. The van der Waals surface area contributed by atoms with E-state index in [9.17, 15) is 4.79 Å². The molecule has 0 saturated heterocycles. The Morgan fingerprint density at radius 2 is 2.27 bits per heavy atom. The molecule has 0 atom stereocenters. The molecule has 2 rings (SSSR count). The Morgan fingerprint density at radius 3 is 2.87 bits per heavy atom. The fourth-order valence-electron chi connectivity index (χ4n) is 1.64. The number of nitrogens with one attached hydrogen (secondary N) is 1. The molecule has 0 aliphatic rings. The SMILES string of the molecule is CCc1cc2c(C(C)C)n[nH]c(=O)c2s1. The molecule has 0 bridgehead atoms. The second kappa shape index (κ2) is 3.77. The van der Waals surface area contributed by atoms with Crippen LogP contribution in [0.4, 0.5) is 0 Å². The van der Waals surface area contributed by atoms with Crippen molar-refractivity contribution >= 4 is 21.4 Å². The average Bonchev–Trinajstić information content (AvgIpc) is 2.62. The van der Waals surface area contributed by atoms with E-state index in [0.29, 0.717) is 5.92 Å². The topological polar surface area (TPSA) is 45.8 Å². The molecule has 0 aromatic carbocycles. The average molecular weight is 222 g/mol. The van der Waals surface area contributed by atoms with Gasteiger partial charge in [-0.3, -0.25) is 4.79 Å². The molecule has 4 heteroatoms. The van der Waals surface area contributed by atoms with Crippen LogP contribution < -0.4 is 5.56 Å². The fourth-order valence-corrected chi connectivity index (χ4v) is 2.63. The monoisotopic (exact) mass is 222 g/mol.